The van der Waals surface area contributed by atoms with Crippen molar-refractivity contribution in [1.82, 2.24) is 15.5 Å². The Labute approximate surface area is 213 Å². The van der Waals surface area contributed by atoms with Gasteiger partial charge in [-0.3, -0.25) is 19.2 Å². The number of hydrogen-bond donors (Lipinski definition) is 3. The second-order valence-corrected chi connectivity index (χ2v) is 11.1. The van der Waals surface area contributed by atoms with Crippen LogP contribution in [-0.2, 0) is 32.0 Å². The maximum absolute atomic E-state index is 13.6. The Kier molecular flexibility index (Phi) is 7.36. The first-order chi connectivity index (χ1) is 17.1. The Morgan fingerprint density at radius 3 is 2.42 bits per heavy atom. The lowest BCUT2D eigenvalue weighted by Crippen LogP contribution is -2.58. The fourth-order valence-corrected chi connectivity index (χ4v) is 6.28. The Hall–Kier alpha value is -3.00. The van der Waals surface area contributed by atoms with Gasteiger partial charge >= 0.3 is 0 Å². The van der Waals surface area contributed by atoms with E-state index < -0.39 is 29.8 Å². The van der Waals surface area contributed by atoms with Crippen LogP contribution in [0.1, 0.15) is 44.7 Å². The molecule has 5 atom stereocenters. The van der Waals surface area contributed by atoms with Crippen LogP contribution in [0.2, 0.25) is 0 Å². The van der Waals surface area contributed by atoms with Crippen molar-refractivity contribution in [2.24, 2.45) is 28.9 Å². The number of rotatable bonds is 10. The second kappa shape index (κ2) is 10.2. The predicted octanol–water partition coefficient (Wildman–Crippen LogP) is 1.37. The molecule has 3 aliphatic rings. The molecule has 1 saturated heterocycles. The third-order valence-electron chi connectivity index (χ3n) is 8.48. The van der Waals surface area contributed by atoms with Crippen LogP contribution in [0.4, 0.5) is 0 Å². The lowest BCUT2D eigenvalue weighted by Gasteiger charge is -2.34. The predicted molar refractivity (Wildman–Crippen MR) is 137 cm³/mol. The number of carbonyl (C=O) groups excluding carboxylic acids is 4. The zero-order chi connectivity index (χ0) is 26.2. The van der Waals surface area contributed by atoms with Crippen LogP contribution >= 0.6 is 0 Å². The average molecular weight is 495 g/mol. The molecule has 0 bridgehead atoms. The molecule has 1 heterocycles. The number of amides is 3. The van der Waals surface area contributed by atoms with Crippen LogP contribution in [0.3, 0.4) is 0 Å². The summed E-state index contributed by atoms with van der Waals surface area (Å²) in [5, 5.41) is 5.30. The standard InChI is InChI=1S/C28H38N4O4/c1-5-9-20(24(33)26(35)30-12-6-2)31-25(34)23-21-19(28(21,3)4)15-32(23)27(36)22(29)18-13-16-10-7-8-11-17(16)14-18/h6-8,10-11,18-23H,2,5,9,12-15,29H2,1,3-4H3,(H,30,35)(H,31,34)/t19?,20?,21?,22-,23-/m0/s1. The third-order valence-corrected chi connectivity index (χ3v) is 8.48. The number of nitrogens with zero attached hydrogens (tertiary/aromatic N) is 1. The van der Waals surface area contributed by atoms with Crippen molar-refractivity contribution in [3.63, 3.8) is 0 Å². The van der Waals surface area contributed by atoms with Crippen LogP contribution < -0.4 is 16.4 Å². The molecule has 8 heteroatoms. The zero-order valence-corrected chi connectivity index (χ0v) is 21.5. The largest absolute Gasteiger partial charge is 0.346 e. The molecule has 1 saturated carbocycles. The van der Waals surface area contributed by atoms with Gasteiger partial charge in [-0.1, -0.05) is 57.5 Å². The summed E-state index contributed by atoms with van der Waals surface area (Å²) in [7, 11) is 0. The molecule has 0 aromatic heterocycles. The highest BCUT2D eigenvalue weighted by molar-refractivity contribution is 6.38. The van der Waals surface area contributed by atoms with E-state index in [4.69, 9.17) is 5.73 Å². The van der Waals surface area contributed by atoms with Crippen LogP contribution in [0.5, 0.6) is 0 Å². The third kappa shape index (κ3) is 4.71. The minimum Gasteiger partial charge on any atom is -0.346 e. The van der Waals surface area contributed by atoms with Gasteiger partial charge in [-0.2, -0.15) is 0 Å². The number of likely N-dealkylation sites (tertiary alicyclic amines) is 1. The molecule has 2 aliphatic carbocycles. The minimum absolute atomic E-state index is 0.00129. The van der Waals surface area contributed by atoms with Gasteiger partial charge in [0, 0.05) is 13.1 Å². The van der Waals surface area contributed by atoms with Gasteiger partial charge in [0.15, 0.2) is 0 Å². The molecule has 0 radical (unpaired) electrons. The number of Topliss-reactive ketones (excluding diaryl/α,β-unsaturated/α-hetero) is 1. The molecule has 8 nitrogen and oxygen atoms in total. The molecule has 194 valence electrons. The van der Waals surface area contributed by atoms with Gasteiger partial charge in [-0.05, 0) is 53.6 Å². The summed E-state index contributed by atoms with van der Waals surface area (Å²) in [5.74, 6) is -1.82. The molecule has 4 rings (SSSR count). The van der Waals surface area contributed by atoms with E-state index in [1.165, 1.54) is 17.2 Å². The number of ketones is 1. The summed E-state index contributed by atoms with van der Waals surface area (Å²) in [4.78, 5) is 53.9. The van der Waals surface area contributed by atoms with Gasteiger partial charge in [-0.25, -0.2) is 0 Å². The van der Waals surface area contributed by atoms with E-state index in [2.05, 4.69) is 43.2 Å². The summed E-state index contributed by atoms with van der Waals surface area (Å²) < 4.78 is 0. The number of nitrogens with one attached hydrogen (secondary N) is 2. The Balaban J connectivity index is 1.48. The van der Waals surface area contributed by atoms with Crippen molar-refractivity contribution in [3.05, 3.63) is 48.0 Å². The van der Waals surface area contributed by atoms with E-state index in [9.17, 15) is 19.2 Å². The quantitative estimate of drug-likeness (QED) is 0.335. The first kappa shape index (κ1) is 26.1. The Morgan fingerprint density at radius 2 is 1.83 bits per heavy atom. The smallest absolute Gasteiger partial charge is 0.289 e. The lowest BCUT2D eigenvalue weighted by atomic mass is 9.94. The highest BCUT2D eigenvalue weighted by atomic mass is 16.2. The first-order valence-electron chi connectivity index (χ1n) is 13.0. The summed E-state index contributed by atoms with van der Waals surface area (Å²) in [6.45, 7) is 10.3. The van der Waals surface area contributed by atoms with E-state index in [1.807, 2.05) is 19.1 Å². The highest BCUT2D eigenvalue weighted by Crippen LogP contribution is 2.65. The van der Waals surface area contributed by atoms with E-state index >= 15 is 0 Å². The zero-order valence-electron chi connectivity index (χ0n) is 21.5. The molecule has 3 amide bonds. The first-order valence-corrected chi connectivity index (χ1v) is 13.0. The second-order valence-electron chi connectivity index (χ2n) is 11.1. The van der Waals surface area contributed by atoms with Crippen molar-refractivity contribution >= 4 is 23.5 Å². The molecule has 1 aliphatic heterocycles. The summed E-state index contributed by atoms with van der Waals surface area (Å²) in [5.41, 5.74) is 8.89. The van der Waals surface area contributed by atoms with Gasteiger partial charge in [0.25, 0.3) is 5.91 Å². The van der Waals surface area contributed by atoms with Crippen molar-refractivity contribution in [1.29, 1.82) is 0 Å². The van der Waals surface area contributed by atoms with Crippen molar-refractivity contribution in [2.45, 2.75) is 64.6 Å². The number of hydrogen-bond acceptors (Lipinski definition) is 5. The SMILES string of the molecule is C=CCNC(=O)C(=O)C(CCC)NC(=O)[C@@H]1C2C(CN1C(=O)[C@@H](N)C1Cc3ccccc3C1)C2(C)C. The highest BCUT2D eigenvalue weighted by Gasteiger charge is 2.69. The van der Waals surface area contributed by atoms with Gasteiger partial charge in [0.05, 0.1) is 12.1 Å². The van der Waals surface area contributed by atoms with Crippen LogP contribution in [0.25, 0.3) is 0 Å². The summed E-state index contributed by atoms with van der Waals surface area (Å²) >= 11 is 0. The van der Waals surface area contributed by atoms with Gasteiger partial charge in [-0.15, -0.1) is 6.58 Å². The molecule has 3 unspecified atom stereocenters. The van der Waals surface area contributed by atoms with Crippen LogP contribution in [-0.4, -0.2) is 59.6 Å². The molecular formula is C28H38N4O4. The van der Waals surface area contributed by atoms with Crippen LogP contribution in [0, 0.1) is 23.2 Å². The molecular weight excluding hydrogens is 456 g/mol. The Morgan fingerprint density at radius 1 is 1.19 bits per heavy atom. The topological polar surface area (TPSA) is 122 Å². The normalized spacial score (nSPS) is 25.3. The number of nitrogens with two attached hydrogens (primary N) is 1. The molecule has 36 heavy (non-hydrogen) atoms. The average Bonchev–Trinajstić information content (AvgIpc) is 3.25. The fraction of sp³-hybridized carbons (Fsp3) is 0.571. The van der Waals surface area contributed by atoms with E-state index in [0.717, 1.165) is 12.8 Å². The fourth-order valence-electron chi connectivity index (χ4n) is 6.28. The molecule has 0 spiro atoms. The molecule has 1 aromatic carbocycles. The lowest BCUT2D eigenvalue weighted by molar-refractivity contribution is -0.144. The minimum atomic E-state index is -0.941. The van der Waals surface area contributed by atoms with Crippen molar-refractivity contribution in [2.75, 3.05) is 13.1 Å². The molecule has 2 fully saturated rings. The number of carbonyl (C=O) groups is 4. The van der Waals surface area contributed by atoms with Crippen molar-refractivity contribution in [3.8, 4) is 0 Å². The Bertz CT molecular complexity index is 1040. The van der Waals surface area contributed by atoms with Gasteiger partial charge < -0.3 is 21.3 Å². The summed E-state index contributed by atoms with van der Waals surface area (Å²) in [6.07, 6.45) is 3.94. The monoisotopic (exact) mass is 494 g/mol. The van der Waals surface area contributed by atoms with Crippen LogP contribution in [0.15, 0.2) is 36.9 Å². The van der Waals surface area contributed by atoms with Crippen molar-refractivity contribution < 1.29 is 19.2 Å². The van der Waals surface area contributed by atoms with E-state index in [1.54, 1.807) is 4.90 Å². The number of benzene rings is 1. The number of fused-ring (bicyclic) bond motifs is 2. The maximum Gasteiger partial charge on any atom is 0.289 e. The van der Waals surface area contributed by atoms with E-state index in [0.29, 0.717) is 19.4 Å². The maximum atomic E-state index is 13.6. The molecule has 4 N–H and O–H groups in total. The number of piperidine rings is 1. The van der Waals surface area contributed by atoms with Gasteiger partial charge in [0.1, 0.15) is 6.04 Å². The van der Waals surface area contributed by atoms with Gasteiger partial charge in [0.2, 0.25) is 17.6 Å². The molecule has 1 aromatic rings. The van der Waals surface area contributed by atoms with E-state index in [-0.39, 0.29) is 41.5 Å². The summed E-state index contributed by atoms with van der Waals surface area (Å²) in [6, 6.07) is 5.80.